The Hall–Kier alpha value is -3.98. The summed E-state index contributed by atoms with van der Waals surface area (Å²) in [6, 6.07) is 21.4. The lowest BCUT2D eigenvalue weighted by Crippen LogP contribution is -2.24. The molecule has 2 heterocycles. The molecule has 9 heteroatoms. The first-order valence-corrected chi connectivity index (χ1v) is 12.0. The molecule has 5 rings (SSSR count). The summed E-state index contributed by atoms with van der Waals surface area (Å²) in [6.07, 6.45) is 0. The number of benzene rings is 3. The molecule has 0 saturated heterocycles. The third kappa shape index (κ3) is 5.09. The van der Waals surface area contributed by atoms with Gasteiger partial charge in [0.05, 0.1) is 12.9 Å². The van der Waals surface area contributed by atoms with Crippen molar-refractivity contribution >= 4 is 17.7 Å². The number of aryl methyl sites for hydroxylation is 1. The van der Waals surface area contributed by atoms with Gasteiger partial charge >= 0.3 is 0 Å². The van der Waals surface area contributed by atoms with Crippen LogP contribution < -0.4 is 19.5 Å². The molecule has 0 fully saturated rings. The van der Waals surface area contributed by atoms with E-state index in [0.717, 1.165) is 33.9 Å². The zero-order chi connectivity index (χ0) is 24.2. The molecular formula is C26H24N4O4S. The van der Waals surface area contributed by atoms with Gasteiger partial charge in [-0.2, -0.15) is 0 Å². The van der Waals surface area contributed by atoms with E-state index in [9.17, 15) is 4.79 Å². The van der Waals surface area contributed by atoms with Gasteiger partial charge < -0.3 is 19.5 Å². The van der Waals surface area contributed by atoms with Crippen LogP contribution in [0.2, 0.25) is 0 Å². The summed E-state index contributed by atoms with van der Waals surface area (Å²) in [7, 11) is 1.63. The van der Waals surface area contributed by atoms with Gasteiger partial charge in [-0.1, -0.05) is 41.6 Å². The first kappa shape index (κ1) is 22.8. The Morgan fingerprint density at radius 2 is 1.89 bits per heavy atom. The van der Waals surface area contributed by atoms with Gasteiger partial charge in [-0.15, -0.1) is 10.2 Å². The number of ether oxygens (including phenoxy) is 3. The maximum Gasteiger partial charge on any atom is 0.231 e. The van der Waals surface area contributed by atoms with Crippen LogP contribution in [0.4, 0.5) is 0 Å². The Balaban J connectivity index is 1.32. The molecule has 4 aromatic rings. The molecule has 0 spiro atoms. The lowest BCUT2D eigenvalue weighted by atomic mass is 10.1. The highest BCUT2D eigenvalue weighted by molar-refractivity contribution is 7.99. The SMILES string of the molecule is COc1ccc(-n2c(SCC(=O)NCc3ccc4c(c3)OCO4)nnc2-c2cccc(C)c2)cc1. The number of nitrogens with one attached hydrogen (secondary N) is 1. The number of thioether (sulfide) groups is 1. The van der Waals surface area contributed by atoms with Crippen LogP contribution in [0.1, 0.15) is 11.1 Å². The second-order valence-corrected chi connectivity index (χ2v) is 8.90. The molecule has 8 nitrogen and oxygen atoms in total. The molecule has 1 aliphatic rings. The Labute approximate surface area is 207 Å². The van der Waals surface area contributed by atoms with Crippen molar-refractivity contribution in [3.8, 4) is 34.3 Å². The minimum absolute atomic E-state index is 0.103. The molecule has 35 heavy (non-hydrogen) atoms. The summed E-state index contributed by atoms with van der Waals surface area (Å²) in [4.78, 5) is 12.6. The van der Waals surface area contributed by atoms with Crippen LogP contribution in [-0.2, 0) is 11.3 Å². The maximum atomic E-state index is 12.6. The summed E-state index contributed by atoms with van der Waals surface area (Å²) in [5.74, 6) is 2.99. The molecule has 1 aliphatic heterocycles. The van der Waals surface area contributed by atoms with Crippen LogP contribution in [0.15, 0.2) is 71.9 Å². The van der Waals surface area contributed by atoms with Crippen molar-refractivity contribution in [2.45, 2.75) is 18.6 Å². The van der Waals surface area contributed by atoms with Crippen LogP contribution in [0.5, 0.6) is 17.2 Å². The first-order valence-electron chi connectivity index (χ1n) is 11.1. The molecule has 0 radical (unpaired) electrons. The van der Waals surface area contributed by atoms with Gasteiger partial charge in [0, 0.05) is 17.8 Å². The number of rotatable bonds is 8. The molecule has 178 valence electrons. The molecule has 3 aromatic carbocycles. The number of methoxy groups -OCH3 is 1. The van der Waals surface area contributed by atoms with Crippen molar-refractivity contribution in [2.24, 2.45) is 0 Å². The fourth-order valence-electron chi connectivity index (χ4n) is 3.73. The Bertz CT molecular complexity index is 1350. The van der Waals surface area contributed by atoms with E-state index in [1.54, 1.807) is 7.11 Å². The van der Waals surface area contributed by atoms with E-state index >= 15 is 0 Å². The summed E-state index contributed by atoms with van der Waals surface area (Å²) in [5.41, 5.74) is 3.91. The Morgan fingerprint density at radius 1 is 1.06 bits per heavy atom. The Morgan fingerprint density at radius 3 is 2.69 bits per heavy atom. The molecule has 0 saturated carbocycles. The number of carbonyl (C=O) groups excluding carboxylic acids is 1. The van der Waals surface area contributed by atoms with E-state index in [4.69, 9.17) is 14.2 Å². The number of aromatic nitrogens is 3. The zero-order valence-corrected chi connectivity index (χ0v) is 20.2. The highest BCUT2D eigenvalue weighted by atomic mass is 32.2. The molecule has 1 amide bonds. The monoisotopic (exact) mass is 488 g/mol. The highest BCUT2D eigenvalue weighted by Crippen LogP contribution is 2.32. The van der Waals surface area contributed by atoms with Crippen LogP contribution in [0.3, 0.4) is 0 Å². The summed E-state index contributed by atoms with van der Waals surface area (Å²) in [5, 5.41) is 12.4. The predicted molar refractivity (Wildman–Crippen MR) is 133 cm³/mol. The van der Waals surface area contributed by atoms with Gasteiger partial charge in [0.25, 0.3) is 0 Å². The molecular weight excluding hydrogens is 464 g/mol. The lowest BCUT2D eigenvalue weighted by Gasteiger charge is -2.12. The smallest absolute Gasteiger partial charge is 0.231 e. The van der Waals surface area contributed by atoms with Gasteiger partial charge in [-0.3, -0.25) is 9.36 Å². The quantitative estimate of drug-likeness (QED) is 0.368. The van der Waals surface area contributed by atoms with Crippen molar-refractivity contribution in [2.75, 3.05) is 19.7 Å². The number of nitrogens with zero attached hydrogens (tertiary/aromatic N) is 3. The topological polar surface area (TPSA) is 87.5 Å². The van der Waals surface area contributed by atoms with E-state index in [0.29, 0.717) is 23.3 Å². The zero-order valence-electron chi connectivity index (χ0n) is 19.4. The van der Waals surface area contributed by atoms with Crippen LogP contribution in [0, 0.1) is 6.92 Å². The summed E-state index contributed by atoms with van der Waals surface area (Å²) < 4.78 is 18.0. The largest absolute Gasteiger partial charge is 0.497 e. The van der Waals surface area contributed by atoms with Crippen LogP contribution in [-0.4, -0.2) is 40.3 Å². The minimum atomic E-state index is -0.103. The Kier molecular flexibility index (Phi) is 6.58. The second kappa shape index (κ2) is 10.1. The van der Waals surface area contributed by atoms with Crippen LogP contribution in [0.25, 0.3) is 17.1 Å². The van der Waals surface area contributed by atoms with E-state index in [1.807, 2.05) is 72.2 Å². The predicted octanol–water partition coefficient (Wildman–Crippen LogP) is 4.39. The average Bonchev–Trinajstić information content (AvgIpc) is 3.53. The molecule has 0 unspecified atom stereocenters. The molecule has 0 bridgehead atoms. The molecule has 1 N–H and O–H groups in total. The van der Waals surface area contributed by atoms with Crippen molar-refractivity contribution in [1.82, 2.24) is 20.1 Å². The number of hydrogen-bond donors (Lipinski definition) is 1. The van der Waals surface area contributed by atoms with E-state index < -0.39 is 0 Å². The van der Waals surface area contributed by atoms with Crippen molar-refractivity contribution in [3.63, 3.8) is 0 Å². The standard InChI is InChI=1S/C26H24N4O4S/c1-17-4-3-5-19(12-17)25-28-29-26(30(25)20-7-9-21(32-2)10-8-20)35-15-24(31)27-14-18-6-11-22-23(13-18)34-16-33-22/h3-13H,14-16H2,1-2H3,(H,27,31). The van der Waals surface area contributed by atoms with Crippen molar-refractivity contribution in [1.29, 1.82) is 0 Å². The van der Waals surface area contributed by atoms with E-state index in [1.165, 1.54) is 11.8 Å². The number of hydrogen-bond acceptors (Lipinski definition) is 7. The van der Waals surface area contributed by atoms with Gasteiger partial charge in [-0.05, 0) is 55.0 Å². The maximum absolute atomic E-state index is 12.6. The lowest BCUT2D eigenvalue weighted by molar-refractivity contribution is -0.118. The normalized spacial score (nSPS) is 11.9. The fraction of sp³-hybridized carbons (Fsp3) is 0.192. The highest BCUT2D eigenvalue weighted by Gasteiger charge is 2.18. The number of amides is 1. The third-order valence-electron chi connectivity index (χ3n) is 5.50. The van der Waals surface area contributed by atoms with Gasteiger partial charge in [0.15, 0.2) is 22.5 Å². The molecule has 0 atom stereocenters. The number of fused-ring (bicyclic) bond motifs is 1. The van der Waals surface area contributed by atoms with Crippen LogP contribution >= 0.6 is 11.8 Å². The average molecular weight is 489 g/mol. The minimum Gasteiger partial charge on any atom is -0.497 e. The first-order chi connectivity index (χ1) is 17.1. The van der Waals surface area contributed by atoms with E-state index in [2.05, 4.69) is 21.6 Å². The molecule has 1 aromatic heterocycles. The van der Waals surface area contributed by atoms with Crippen molar-refractivity contribution < 1.29 is 19.0 Å². The fourth-order valence-corrected chi connectivity index (χ4v) is 4.51. The summed E-state index contributed by atoms with van der Waals surface area (Å²) >= 11 is 1.34. The van der Waals surface area contributed by atoms with E-state index in [-0.39, 0.29) is 18.5 Å². The van der Waals surface area contributed by atoms with Gasteiger partial charge in [-0.25, -0.2) is 0 Å². The summed E-state index contributed by atoms with van der Waals surface area (Å²) in [6.45, 7) is 2.66. The third-order valence-corrected chi connectivity index (χ3v) is 6.43. The second-order valence-electron chi connectivity index (χ2n) is 7.96. The van der Waals surface area contributed by atoms with Gasteiger partial charge in [0.1, 0.15) is 5.75 Å². The number of carbonyl (C=O) groups is 1. The molecule has 0 aliphatic carbocycles. The van der Waals surface area contributed by atoms with Gasteiger partial charge in [0.2, 0.25) is 12.7 Å². The van der Waals surface area contributed by atoms with Crippen molar-refractivity contribution in [3.05, 3.63) is 77.9 Å².